The summed E-state index contributed by atoms with van der Waals surface area (Å²) >= 11 is 0. The van der Waals surface area contributed by atoms with Crippen molar-refractivity contribution >= 4 is 22.5 Å². The van der Waals surface area contributed by atoms with Crippen molar-refractivity contribution in [2.45, 2.75) is 0 Å². The van der Waals surface area contributed by atoms with Crippen molar-refractivity contribution in [2.24, 2.45) is 0 Å². The van der Waals surface area contributed by atoms with Gasteiger partial charge in [-0.15, -0.1) is 0 Å². The number of ketones is 1. The van der Waals surface area contributed by atoms with E-state index in [9.17, 15) is 4.79 Å². The quantitative estimate of drug-likeness (QED) is 0.319. The zero-order chi connectivity index (χ0) is 21.9. The molecule has 4 aromatic carbocycles. The standard InChI is InChI=1S/C31H22O/c1-22(23-13-5-2-6-14-23)28-21-29(31(32)27-20-12-11-19-26(27)28)30(24-15-7-3-8-16-24)25-17-9-4-10-18-25/h2-21H,1H2. The molecule has 32 heavy (non-hydrogen) atoms. The molecule has 0 N–H and O–H groups in total. The van der Waals surface area contributed by atoms with Crippen LogP contribution in [0.5, 0.6) is 0 Å². The topological polar surface area (TPSA) is 17.1 Å². The van der Waals surface area contributed by atoms with Crippen molar-refractivity contribution in [3.63, 3.8) is 0 Å². The summed E-state index contributed by atoms with van der Waals surface area (Å²) in [5.41, 5.74) is 8.22. The highest BCUT2D eigenvalue weighted by molar-refractivity contribution is 6.25. The van der Waals surface area contributed by atoms with Gasteiger partial charge < -0.3 is 0 Å². The molecule has 4 aromatic rings. The van der Waals surface area contributed by atoms with Gasteiger partial charge in [0.05, 0.1) is 0 Å². The van der Waals surface area contributed by atoms with Crippen molar-refractivity contribution < 1.29 is 4.79 Å². The molecular formula is C31H22O. The molecule has 0 bridgehead atoms. The average Bonchev–Trinajstić information content (AvgIpc) is 2.87. The SMILES string of the molecule is C=C(C1=CC(=C(c2ccccc2)c2ccccc2)C(=O)c2ccccc21)c1ccccc1. The third kappa shape index (κ3) is 3.55. The van der Waals surface area contributed by atoms with E-state index in [1.807, 2.05) is 84.9 Å². The zero-order valence-corrected chi connectivity index (χ0v) is 17.7. The van der Waals surface area contributed by atoms with Crippen LogP contribution >= 0.6 is 0 Å². The highest BCUT2D eigenvalue weighted by Crippen LogP contribution is 2.40. The first-order valence-corrected chi connectivity index (χ1v) is 10.7. The number of carbonyl (C=O) groups excluding carboxylic acids is 1. The number of carbonyl (C=O) groups is 1. The third-order valence-corrected chi connectivity index (χ3v) is 5.84. The van der Waals surface area contributed by atoms with Gasteiger partial charge in [-0.3, -0.25) is 4.79 Å². The molecule has 0 aliphatic heterocycles. The van der Waals surface area contributed by atoms with Gasteiger partial charge in [-0.2, -0.15) is 0 Å². The summed E-state index contributed by atoms with van der Waals surface area (Å²) in [6.07, 6.45) is 2.02. The normalized spacial score (nSPS) is 12.7. The van der Waals surface area contributed by atoms with E-state index in [0.29, 0.717) is 11.1 Å². The fourth-order valence-electron chi connectivity index (χ4n) is 4.27. The Hall–Kier alpha value is -4.23. The Labute approximate surface area is 188 Å². The molecule has 0 saturated carbocycles. The summed E-state index contributed by atoms with van der Waals surface area (Å²) in [6.45, 7) is 4.41. The van der Waals surface area contributed by atoms with E-state index in [1.165, 1.54) is 0 Å². The van der Waals surface area contributed by atoms with Gasteiger partial charge in [-0.1, -0.05) is 122 Å². The molecule has 0 spiro atoms. The minimum Gasteiger partial charge on any atom is -0.289 e. The summed E-state index contributed by atoms with van der Waals surface area (Å²) in [6, 6.07) is 38.2. The van der Waals surface area contributed by atoms with Gasteiger partial charge in [0, 0.05) is 16.7 Å². The van der Waals surface area contributed by atoms with Crippen LogP contribution in [0.1, 0.15) is 32.6 Å². The molecule has 0 unspecified atom stereocenters. The Bertz CT molecular complexity index is 1320. The molecule has 1 nitrogen and oxygen atoms in total. The van der Waals surface area contributed by atoms with Crippen LogP contribution in [-0.2, 0) is 0 Å². The number of rotatable bonds is 4. The average molecular weight is 411 g/mol. The number of hydrogen-bond acceptors (Lipinski definition) is 1. The minimum absolute atomic E-state index is 0.0351. The highest BCUT2D eigenvalue weighted by Gasteiger charge is 2.27. The predicted octanol–water partition coefficient (Wildman–Crippen LogP) is 7.48. The Morgan fingerprint density at radius 3 is 1.50 bits per heavy atom. The summed E-state index contributed by atoms with van der Waals surface area (Å²) in [4.78, 5) is 13.8. The van der Waals surface area contributed by atoms with Crippen LogP contribution in [-0.4, -0.2) is 5.78 Å². The van der Waals surface area contributed by atoms with E-state index in [-0.39, 0.29) is 5.78 Å². The van der Waals surface area contributed by atoms with E-state index >= 15 is 0 Å². The first-order chi connectivity index (χ1) is 15.7. The number of Topliss-reactive ketones (excluding diaryl/α,β-unsaturated/α-hetero) is 1. The molecule has 1 aliphatic carbocycles. The second-order valence-corrected chi connectivity index (χ2v) is 7.80. The van der Waals surface area contributed by atoms with Crippen molar-refractivity contribution in [1.82, 2.24) is 0 Å². The maximum absolute atomic E-state index is 13.8. The predicted molar refractivity (Wildman–Crippen MR) is 133 cm³/mol. The molecular weight excluding hydrogens is 388 g/mol. The maximum Gasteiger partial charge on any atom is 0.194 e. The minimum atomic E-state index is 0.0351. The lowest BCUT2D eigenvalue weighted by Crippen LogP contribution is -2.14. The monoisotopic (exact) mass is 410 g/mol. The zero-order valence-electron chi connectivity index (χ0n) is 17.7. The van der Waals surface area contributed by atoms with Gasteiger partial charge in [0.25, 0.3) is 0 Å². The molecule has 5 rings (SSSR count). The lowest BCUT2D eigenvalue weighted by atomic mass is 9.79. The van der Waals surface area contributed by atoms with Gasteiger partial charge in [0.15, 0.2) is 5.78 Å². The number of hydrogen-bond donors (Lipinski definition) is 0. The molecule has 0 saturated heterocycles. The van der Waals surface area contributed by atoms with E-state index in [4.69, 9.17) is 0 Å². The smallest absolute Gasteiger partial charge is 0.194 e. The Morgan fingerprint density at radius 2 is 0.969 bits per heavy atom. The highest BCUT2D eigenvalue weighted by atomic mass is 16.1. The van der Waals surface area contributed by atoms with Crippen LogP contribution in [0.25, 0.3) is 16.7 Å². The van der Waals surface area contributed by atoms with Crippen molar-refractivity contribution in [3.8, 4) is 0 Å². The van der Waals surface area contributed by atoms with Gasteiger partial charge in [-0.05, 0) is 39.5 Å². The number of allylic oxidation sites excluding steroid dienone is 4. The van der Waals surface area contributed by atoms with Crippen LogP contribution in [0.15, 0.2) is 133 Å². The van der Waals surface area contributed by atoms with Gasteiger partial charge in [0.2, 0.25) is 0 Å². The first-order valence-electron chi connectivity index (χ1n) is 10.7. The van der Waals surface area contributed by atoms with Crippen molar-refractivity contribution in [1.29, 1.82) is 0 Å². The largest absolute Gasteiger partial charge is 0.289 e. The Balaban J connectivity index is 1.81. The molecule has 0 fully saturated rings. The molecule has 0 amide bonds. The van der Waals surface area contributed by atoms with E-state index < -0.39 is 0 Å². The lowest BCUT2D eigenvalue weighted by Gasteiger charge is -2.23. The lowest BCUT2D eigenvalue weighted by molar-refractivity contribution is 0.103. The van der Waals surface area contributed by atoms with Crippen LogP contribution in [0, 0.1) is 0 Å². The van der Waals surface area contributed by atoms with Crippen LogP contribution < -0.4 is 0 Å². The third-order valence-electron chi connectivity index (χ3n) is 5.84. The fourth-order valence-corrected chi connectivity index (χ4v) is 4.27. The molecule has 0 heterocycles. The summed E-state index contributed by atoms with van der Waals surface area (Å²) < 4.78 is 0. The second-order valence-electron chi connectivity index (χ2n) is 7.80. The molecule has 0 radical (unpaired) electrons. The van der Waals surface area contributed by atoms with Crippen LogP contribution in [0.2, 0.25) is 0 Å². The summed E-state index contributed by atoms with van der Waals surface area (Å²) in [5.74, 6) is 0.0351. The molecule has 152 valence electrons. The van der Waals surface area contributed by atoms with Crippen molar-refractivity contribution in [3.05, 3.63) is 161 Å². The molecule has 1 aliphatic rings. The molecule has 0 aromatic heterocycles. The van der Waals surface area contributed by atoms with E-state index in [1.54, 1.807) is 0 Å². The summed E-state index contributed by atoms with van der Waals surface area (Å²) in [5, 5.41) is 0. The first kappa shape index (κ1) is 19.7. The molecule has 1 heteroatoms. The molecule has 0 atom stereocenters. The van der Waals surface area contributed by atoms with Crippen molar-refractivity contribution in [2.75, 3.05) is 0 Å². The fraction of sp³-hybridized carbons (Fsp3) is 0. The van der Waals surface area contributed by atoms with Gasteiger partial charge in [-0.25, -0.2) is 0 Å². The summed E-state index contributed by atoms with van der Waals surface area (Å²) in [7, 11) is 0. The maximum atomic E-state index is 13.8. The van der Waals surface area contributed by atoms with E-state index in [0.717, 1.165) is 39.0 Å². The second kappa shape index (κ2) is 8.49. The number of benzene rings is 4. The van der Waals surface area contributed by atoms with Crippen LogP contribution in [0.4, 0.5) is 0 Å². The van der Waals surface area contributed by atoms with Crippen LogP contribution in [0.3, 0.4) is 0 Å². The van der Waals surface area contributed by atoms with E-state index in [2.05, 4.69) is 43.0 Å². The Morgan fingerprint density at radius 1 is 0.531 bits per heavy atom. The van der Waals surface area contributed by atoms with Gasteiger partial charge in [0.1, 0.15) is 0 Å². The van der Waals surface area contributed by atoms with Gasteiger partial charge >= 0.3 is 0 Å². The number of fused-ring (bicyclic) bond motifs is 1. The Kier molecular flexibility index (Phi) is 5.23.